The maximum absolute atomic E-state index is 11.2. The third kappa shape index (κ3) is 2.42. The highest BCUT2D eigenvalue weighted by atomic mass is 16.4. The molecule has 17 heavy (non-hydrogen) atoms. The fraction of sp³-hybridized carbons (Fsp3) is 0.462. The number of rotatable bonds is 3. The lowest BCUT2D eigenvalue weighted by Gasteiger charge is -2.25. The summed E-state index contributed by atoms with van der Waals surface area (Å²) in [4.78, 5) is 11.2. The monoisotopic (exact) mass is 234 g/mol. The molecule has 1 saturated heterocycles. The first kappa shape index (κ1) is 11.9. The van der Waals surface area contributed by atoms with Gasteiger partial charge in [0.2, 0.25) is 0 Å². The average molecular weight is 234 g/mol. The standard InChI is InChI=1S/C13H18N2O2/c1-14-12-10(9-5-7-15-8-6-9)3-2-4-11(12)13(16)17/h2-4,9,14-15H,5-8H2,1H3,(H,16,17). The number of carboxylic acid groups (broad SMARTS) is 1. The molecule has 0 saturated carbocycles. The largest absolute Gasteiger partial charge is 0.478 e. The smallest absolute Gasteiger partial charge is 0.337 e. The van der Waals surface area contributed by atoms with Crippen LogP contribution < -0.4 is 10.6 Å². The molecule has 1 fully saturated rings. The SMILES string of the molecule is CNc1c(C(=O)O)cccc1C1CCNCC1. The van der Waals surface area contributed by atoms with Gasteiger partial charge in [-0.05, 0) is 43.5 Å². The van der Waals surface area contributed by atoms with Crippen LogP contribution in [-0.2, 0) is 0 Å². The van der Waals surface area contributed by atoms with Crippen molar-refractivity contribution in [3.8, 4) is 0 Å². The molecular formula is C13H18N2O2. The molecule has 4 nitrogen and oxygen atoms in total. The Bertz CT molecular complexity index is 412. The van der Waals surface area contributed by atoms with Crippen LogP contribution in [0.25, 0.3) is 0 Å². The minimum atomic E-state index is -0.870. The molecule has 0 amide bonds. The Hall–Kier alpha value is -1.55. The fourth-order valence-corrected chi connectivity index (χ4v) is 2.50. The molecule has 0 radical (unpaired) electrons. The molecule has 92 valence electrons. The van der Waals surface area contributed by atoms with Crippen molar-refractivity contribution >= 4 is 11.7 Å². The molecule has 1 aromatic rings. The molecule has 1 aliphatic heterocycles. The zero-order valence-corrected chi connectivity index (χ0v) is 9.99. The van der Waals surface area contributed by atoms with E-state index in [1.165, 1.54) is 0 Å². The van der Waals surface area contributed by atoms with Gasteiger partial charge in [-0.15, -0.1) is 0 Å². The van der Waals surface area contributed by atoms with Crippen LogP contribution >= 0.6 is 0 Å². The van der Waals surface area contributed by atoms with Crippen LogP contribution in [0.2, 0.25) is 0 Å². The van der Waals surface area contributed by atoms with Gasteiger partial charge in [0.05, 0.1) is 11.3 Å². The highest BCUT2D eigenvalue weighted by Gasteiger charge is 2.21. The fourth-order valence-electron chi connectivity index (χ4n) is 2.50. The first-order valence-corrected chi connectivity index (χ1v) is 5.98. The second-order valence-electron chi connectivity index (χ2n) is 4.35. The van der Waals surface area contributed by atoms with E-state index >= 15 is 0 Å². The zero-order valence-electron chi connectivity index (χ0n) is 9.99. The minimum Gasteiger partial charge on any atom is -0.478 e. The lowest BCUT2D eigenvalue weighted by Crippen LogP contribution is -2.27. The van der Waals surface area contributed by atoms with E-state index < -0.39 is 5.97 Å². The van der Waals surface area contributed by atoms with E-state index in [4.69, 9.17) is 5.11 Å². The van der Waals surface area contributed by atoms with Gasteiger partial charge in [-0.3, -0.25) is 0 Å². The van der Waals surface area contributed by atoms with Crippen LogP contribution in [0.15, 0.2) is 18.2 Å². The molecule has 2 rings (SSSR count). The Balaban J connectivity index is 2.38. The number of hydrogen-bond acceptors (Lipinski definition) is 3. The molecular weight excluding hydrogens is 216 g/mol. The second-order valence-corrected chi connectivity index (χ2v) is 4.35. The van der Waals surface area contributed by atoms with Crippen molar-refractivity contribution in [1.82, 2.24) is 5.32 Å². The normalized spacial score (nSPS) is 16.8. The number of carboxylic acids is 1. The van der Waals surface area contributed by atoms with Gasteiger partial charge < -0.3 is 15.7 Å². The first-order valence-electron chi connectivity index (χ1n) is 5.98. The quantitative estimate of drug-likeness (QED) is 0.747. The van der Waals surface area contributed by atoms with E-state index in [1.807, 2.05) is 12.1 Å². The molecule has 0 bridgehead atoms. The van der Waals surface area contributed by atoms with E-state index in [0.717, 1.165) is 37.2 Å². The van der Waals surface area contributed by atoms with Crippen LogP contribution in [-0.4, -0.2) is 31.2 Å². The Morgan fingerprint density at radius 1 is 1.41 bits per heavy atom. The van der Waals surface area contributed by atoms with E-state index in [2.05, 4.69) is 10.6 Å². The van der Waals surface area contributed by atoms with E-state index in [1.54, 1.807) is 13.1 Å². The summed E-state index contributed by atoms with van der Waals surface area (Å²) in [5.74, 6) is -0.414. The number of carbonyl (C=O) groups is 1. The van der Waals surface area contributed by atoms with Gasteiger partial charge in [0.1, 0.15) is 0 Å². The molecule has 0 unspecified atom stereocenters. The topological polar surface area (TPSA) is 61.4 Å². The molecule has 4 heteroatoms. The van der Waals surface area contributed by atoms with Crippen molar-refractivity contribution < 1.29 is 9.90 Å². The Kier molecular flexibility index (Phi) is 3.64. The summed E-state index contributed by atoms with van der Waals surface area (Å²) in [6.45, 7) is 2.01. The summed E-state index contributed by atoms with van der Waals surface area (Å²) in [5, 5.41) is 15.5. The summed E-state index contributed by atoms with van der Waals surface area (Å²) >= 11 is 0. The predicted octanol–water partition coefficient (Wildman–Crippen LogP) is 1.89. The van der Waals surface area contributed by atoms with Crippen molar-refractivity contribution in [2.45, 2.75) is 18.8 Å². The van der Waals surface area contributed by atoms with Gasteiger partial charge in [0.15, 0.2) is 0 Å². The highest BCUT2D eigenvalue weighted by Crippen LogP contribution is 2.33. The molecule has 1 aromatic carbocycles. The maximum Gasteiger partial charge on any atom is 0.337 e. The Labute approximate surface area is 101 Å². The van der Waals surface area contributed by atoms with Gasteiger partial charge in [-0.25, -0.2) is 4.79 Å². The summed E-state index contributed by atoms with van der Waals surface area (Å²) in [7, 11) is 1.78. The molecule has 1 aliphatic rings. The minimum absolute atomic E-state index is 0.364. The van der Waals surface area contributed by atoms with Crippen molar-refractivity contribution in [2.24, 2.45) is 0 Å². The molecule has 0 spiro atoms. The van der Waals surface area contributed by atoms with Gasteiger partial charge in [-0.2, -0.15) is 0 Å². The Morgan fingerprint density at radius 3 is 2.71 bits per heavy atom. The molecule has 0 aromatic heterocycles. The summed E-state index contributed by atoms with van der Waals surface area (Å²) in [6.07, 6.45) is 2.13. The van der Waals surface area contributed by atoms with Crippen molar-refractivity contribution in [3.05, 3.63) is 29.3 Å². The summed E-state index contributed by atoms with van der Waals surface area (Å²) < 4.78 is 0. The van der Waals surface area contributed by atoms with E-state index in [-0.39, 0.29) is 0 Å². The van der Waals surface area contributed by atoms with Gasteiger partial charge in [0.25, 0.3) is 0 Å². The van der Waals surface area contributed by atoms with Crippen LogP contribution in [0.5, 0.6) is 0 Å². The zero-order chi connectivity index (χ0) is 12.3. The maximum atomic E-state index is 11.2. The number of aromatic carboxylic acids is 1. The third-order valence-electron chi connectivity index (χ3n) is 3.36. The number of benzene rings is 1. The van der Waals surface area contributed by atoms with Crippen molar-refractivity contribution in [3.63, 3.8) is 0 Å². The lowest BCUT2D eigenvalue weighted by molar-refractivity contribution is 0.0698. The van der Waals surface area contributed by atoms with E-state index in [0.29, 0.717) is 11.5 Å². The lowest BCUT2D eigenvalue weighted by atomic mass is 9.87. The Morgan fingerprint density at radius 2 is 2.12 bits per heavy atom. The summed E-state index contributed by atoms with van der Waals surface area (Å²) in [5.41, 5.74) is 2.27. The number of para-hydroxylation sites is 1. The summed E-state index contributed by atoms with van der Waals surface area (Å²) in [6, 6.07) is 5.52. The van der Waals surface area contributed by atoms with Crippen LogP contribution in [0.1, 0.15) is 34.7 Å². The average Bonchev–Trinajstić information content (AvgIpc) is 2.38. The predicted molar refractivity (Wildman–Crippen MR) is 67.8 cm³/mol. The van der Waals surface area contributed by atoms with Crippen LogP contribution in [0.4, 0.5) is 5.69 Å². The van der Waals surface area contributed by atoms with Gasteiger partial charge in [-0.1, -0.05) is 12.1 Å². The number of piperidine rings is 1. The molecule has 3 N–H and O–H groups in total. The third-order valence-corrected chi connectivity index (χ3v) is 3.36. The second kappa shape index (κ2) is 5.19. The highest BCUT2D eigenvalue weighted by molar-refractivity contribution is 5.95. The van der Waals surface area contributed by atoms with E-state index in [9.17, 15) is 4.79 Å². The van der Waals surface area contributed by atoms with Gasteiger partial charge in [0, 0.05) is 7.05 Å². The molecule has 0 atom stereocenters. The van der Waals surface area contributed by atoms with Crippen molar-refractivity contribution in [1.29, 1.82) is 0 Å². The van der Waals surface area contributed by atoms with Crippen LogP contribution in [0, 0.1) is 0 Å². The number of nitrogens with one attached hydrogen (secondary N) is 2. The number of anilines is 1. The van der Waals surface area contributed by atoms with Crippen LogP contribution in [0.3, 0.4) is 0 Å². The van der Waals surface area contributed by atoms with Gasteiger partial charge >= 0.3 is 5.97 Å². The number of hydrogen-bond donors (Lipinski definition) is 3. The molecule has 0 aliphatic carbocycles. The molecule has 1 heterocycles. The first-order chi connectivity index (χ1) is 8.24. The van der Waals surface area contributed by atoms with Crippen molar-refractivity contribution in [2.75, 3.05) is 25.5 Å².